The normalized spacial score (nSPS) is 12.5. The Balaban J connectivity index is 2.24. The summed E-state index contributed by atoms with van der Waals surface area (Å²) >= 11 is 12.3. The second-order valence-electron chi connectivity index (χ2n) is 6.35. The molecule has 0 aliphatic heterocycles. The highest BCUT2D eigenvalue weighted by atomic mass is 35.5. The van der Waals surface area contributed by atoms with Crippen LogP contribution in [0.5, 0.6) is 0 Å². The van der Waals surface area contributed by atoms with Gasteiger partial charge >= 0.3 is 0 Å². The highest BCUT2D eigenvalue weighted by Crippen LogP contribution is 2.27. The van der Waals surface area contributed by atoms with Gasteiger partial charge in [-0.2, -0.15) is 0 Å². The highest BCUT2D eigenvalue weighted by Gasteiger charge is 2.26. The lowest BCUT2D eigenvalue weighted by atomic mass is 10.0. The van der Waals surface area contributed by atoms with Crippen molar-refractivity contribution >= 4 is 34.8 Å². The molecule has 1 N–H and O–H groups in total. The molecule has 0 aliphatic carbocycles. The number of nitrogens with zero attached hydrogens (tertiary/aromatic N) is 1. The Morgan fingerprint density at radius 1 is 1.24 bits per heavy atom. The van der Waals surface area contributed by atoms with E-state index in [9.17, 15) is 9.59 Å². The molecule has 0 saturated heterocycles. The maximum atomic E-state index is 12.9. The minimum atomic E-state index is -0.383. The molecule has 0 bridgehead atoms. The third kappa shape index (κ3) is 3.97. The molecule has 2 aromatic rings. The van der Waals surface area contributed by atoms with Crippen LogP contribution in [0.15, 0.2) is 18.2 Å². The number of hydrogen-bond acceptors (Lipinski definition) is 3. The minimum absolute atomic E-state index is 0.0444. The lowest BCUT2D eigenvalue weighted by Gasteiger charge is -2.24. The molecule has 6 heteroatoms. The Hall–Kier alpha value is -1.62. The molecule has 134 valence electrons. The van der Waals surface area contributed by atoms with Crippen LogP contribution in [0.4, 0.5) is 0 Å². The largest absolute Gasteiger partial charge is 0.355 e. The fraction of sp³-hybridized carbons (Fsp3) is 0.368. The van der Waals surface area contributed by atoms with Crippen molar-refractivity contribution in [1.82, 2.24) is 9.88 Å². The number of nitrogens with one attached hydrogen (secondary N) is 1. The third-order valence-electron chi connectivity index (χ3n) is 4.53. The maximum Gasteiger partial charge on any atom is 0.196 e. The smallest absolute Gasteiger partial charge is 0.196 e. The summed E-state index contributed by atoms with van der Waals surface area (Å²) in [5.41, 5.74) is 3.37. The number of aromatic amines is 1. The van der Waals surface area contributed by atoms with Crippen molar-refractivity contribution in [2.24, 2.45) is 0 Å². The van der Waals surface area contributed by atoms with E-state index in [2.05, 4.69) is 4.98 Å². The second kappa shape index (κ2) is 7.73. The van der Waals surface area contributed by atoms with Gasteiger partial charge in [-0.1, -0.05) is 35.3 Å². The van der Waals surface area contributed by atoms with Crippen molar-refractivity contribution in [1.29, 1.82) is 0 Å². The van der Waals surface area contributed by atoms with Crippen molar-refractivity contribution in [3.8, 4) is 0 Å². The van der Waals surface area contributed by atoms with Gasteiger partial charge in [0, 0.05) is 17.8 Å². The zero-order chi connectivity index (χ0) is 18.9. The minimum Gasteiger partial charge on any atom is -0.355 e. The molecule has 0 spiro atoms. The summed E-state index contributed by atoms with van der Waals surface area (Å²) in [6.07, 6.45) is 0. The van der Waals surface area contributed by atoms with Crippen LogP contribution in [0.2, 0.25) is 10.0 Å². The zero-order valence-corrected chi connectivity index (χ0v) is 16.5. The van der Waals surface area contributed by atoms with E-state index < -0.39 is 0 Å². The molecule has 1 aromatic carbocycles. The van der Waals surface area contributed by atoms with Gasteiger partial charge in [0.1, 0.15) is 0 Å². The van der Waals surface area contributed by atoms with Crippen LogP contribution in [-0.4, -0.2) is 34.5 Å². The van der Waals surface area contributed by atoms with E-state index in [0.29, 0.717) is 33.4 Å². The van der Waals surface area contributed by atoms with Gasteiger partial charge in [0.05, 0.1) is 21.8 Å². The van der Waals surface area contributed by atoms with Gasteiger partial charge in [-0.05, 0) is 51.9 Å². The number of hydrogen-bond donors (Lipinski definition) is 1. The predicted molar refractivity (Wildman–Crippen MR) is 102 cm³/mol. The van der Waals surface area contributed by atoms with Crippen molar-refractivity contribution in [3.63, 3.8) is 0 Å². The number of benzene rings is 1. The topological polar surface area (TPSA) is 53.2 Å². The molecule has 1 heterocycles. The van der Waals surface area contributed by atoms with E-state index in [0.717, 1.165) is 11.3 Å². The quantitative estimate of drug-likeness (QED) is 0.729. The molecule has 0 aliphatic rings. The molecule has 2 rings (SSSR count). The van der Waals surface area contributed by atoms with Gasteiger partial charge in [0.2, 0.25) is 0 Å². The number of carbonyl (C=O) groups is 2. The second-order valence-corrected chi connectivity index (χ2v) is 7.13. The molecule has 0 radical (unpaired) electrons. The Bertz CT molecular complexity index is 827. The maximum absolute atomic E-state index is 12.9. The molecule has 0 fully saturated rings. The van der Waals surface area contributed by atoms with Gasteiger partial charge in [0.25, 0.3) is 0 Å². The van der Waals surface area contributed by atoms with Crippen LogP contribution in [0.3, 0.4) is 0 Å². The van der Waals surface area contributed by atoms with E-state index in [-0.39, 0.29) is 17.6 Å². The fourth-order valence-corrected chi connectivity index (χ4v) is 3.39. The predicted octanol–water partition coefficient (Wildman–Crippen LogP) is 4.84. The van der Waals surface area contributed by atoms with Gasteiger partial charge in [-0.15, -0.1) is 0 Å². The third-order valence-corrected chi connectivity index (χ3v) is 5.39. The number of Topliss-reactive ketones (excluding diaryl/α,β-unsaturated/α-hetero) is 2. The van der Waals surface area contributed by atoms with Crippen LogP contribution >= 0.6 is 23.2 Å². The number of aromatic nitrogens is 1. The fourth-order valence-electron chi connectivity index (χ4n) is 3.01. The first-order valence-corrected chi connectivity index (χ1v) is 8.78. The van der Waals surface area contributed by atoms with Crippen LogP contribution in [-0.2, 0) is 6.54 Å². The monoisotopic (exact) mass is 380 g/mol. The standard InChI is InChI=1S/C19H22Cl2N2O2/c1-10-16(13(4)24)11(2)22-18(10)19(25)12(3)23(5)9-14-7-6-8-15(20)17(14)21/h6-8,12,22H,9H2,1-5H3. The lowest BCUT2D eigenvalue weighted by Crippen LogP contribution is -2.36. The van der Waals surface area contributed by atoms with Crippen molar-refractivity contribution in [3.05, 3.63) is 56.3 Å². The Labute approximate surface area is 158 Å². The van der Waals surface area contributed by atoms with Crippen LogP contribution < -0.4 is 0 Å². The number of rotatable bonds is 6. The molecule has 0 saturated carbocycles. The Morgan fingerprint density at radius 3 is 2.44 bits per heavy atom. The molecule has 25 heavy (non-hydrogen) atoms. The molecule has 1 unspecified atom stereocenters. The molecular formula is C19H22Cl2N2O2. The molecule has 1 aromatic heterocycles. The molecule has 1 atom stereocenters. The SMILES string of the molecule is CC(=O)c1c(C)[nH]c(C(=O)C(C)N(C)Cc2cccc(Cl)c2Cl)c1C. The first-order chi connectivity index (χ1) is 11.6. The number of ketones is 2. The van der Waals surface area contributed by atoms with Crippen molar-refractivity contribution in [2.45, 2.75) is 40.3 Å². The van der Waals surface area contributed by atoms with Gasteiger partial charge in [0.15, 0.2) is 11.6 Å². The van der Waals surface area contributed by atoms with Gasteiger partial charge in [-0.3, -0.25) is 14.5 Å². The molecule has 4 nitrogen and oxygen atoms in total. The number of H-pyrrole nitrogens is 1. The average Bonchev–Trinajstić information content (AvgIpc) is 2.85. The van der Waals surface area contributed by atoms with E-state index in [1.807, 2.05) is 31.0 Å². The highest BCUT2D eigenvalue weighted by molar-refractivity contribution is 6.42. The van der Waals surface area contributed by atoms with Crippen LogP contribution in [0.25, 0.3) is 0 Å². The van der Waals surface area contributed by atoms with Crippen LogP contribution in [0, 0.1) is 13.8 Å². The lowest BCUT2D eigenvalue weighted by molar-refractivity contribution is 0.0856. The number of halogens is 2. The van der Waals surface area contributed by atoms with E-state index >= 15 is 0 Å². The number of likely N-dealkylation sites (N-methyl/N-ethyl adjacent to an activating group) is 1. The van der Waals surface area contributed by atoms with E-state index in [4.69, 9.17) is 23.2 Å². The van der Waals surface area contributed by atoms with Crippen molar-refractivity contribution < 1.29 is 9.59 Å². The summed E-state index contributed by atoms with van der Waals surface area (Å²) in [7, 11) is 1.86. The Morgan fingerprint density at radius 2 is 1.88 bits per heavy atom. The van der Waals surface area contributed by atoms with Gasteiger partial charge < -0.3 is 4.98 Å². The first kappa shape index (κ1) is 19.7. The Kier molecular flexibility index (Phi) is 6.09. The summed E-state index contributed by atoms with van der Waals surface area (Å²) in [5, 5.41) is 0.995. The summed E-state index contributed by atoms with van der Waals surface area (Å²) in [6.45, 7) is 7.44. The summed E-state index contributed by atoms with van der Waals surface area (Å²) in [5.74, 6) is -0.106. The van der Waals surface area contributed by atoms with Crippen LogP contribution in [0.1, 0.15) is 51.5 Å². The van der Waals surface area contributed by atoms with E-state index in [1.165, 1.54) is 6.92 Å². The number of aryl methyl sites for hydroxylation is 1. The molecular weight excluding hydrogens is 359 g/mol. The zero-order valence-electron chi connectivity index (χ0n) is 15.0. The molecule has 0 amide bonds. The van der Waals surface area contributed by atoms with E-state index in [1.54, 1.807) is 19.9 Å². The summed E-state index contributed by atoms with van der Waals surface area (Å²) in [6, 6.07) is 5.07. The van der Waals surface area contributed by atoms with Gasteiger partial charge in [-0.25, -0.2) is 0 Å². The first-order valence-electron chi connectivity index (χ1n) is 8.02. The summed E-state index contributed by atoms with van der Waals surface area (Å²) < 4.78 is 0. The van der Waals surface area contributed by atoms with Crippen molar-refractivity contribution in [2.75, 3.05) is 7.05 Å². The summed E-state index contributed by atoms with van der Waals surface area (Å²) in [4.78, 5) is 29.6. The number of carbonyl (C=O) groups excluding carboxylic acids is 2. The average molecular weight is 381 g/mol.